The van der Waals surface area contributed by atoms with Crippen LogP contribution in [0.3, 0.4) is 0 Å². The van der Waals surface area contributed by atoms with Crippen molar-refractivity contribution in [3.05, 3.63) is 108 Å². The van der Waals surface area contributed by atoms with Crippen LogP contribution < -0.4 is 10.1 Å². The molecule has 4 rings (SSSR count). The first-order valence-electron chi connectivity index (χ1n) is 11.7. The average Bonchev–Trinajstić information content (AvgIpc) is 3.43. The Morgan fingerprint density at radius 1 is 1.00 bits per heavy atom. The Labute approximate surface area is 221 Å². The number of aromatic nitrogens is 2. The lowest BCUT2D eigenvalue weighted by Gasteiger charge is -2.18. The summed E-state index contributed by atoms with van der Waals surface area (Å²) in [7, 11) is 0. The number of ether oxygens (including phenoxy) is 1. The van der Waals surface area contributed by atoms with Crippen LogP contribution in [0.25, 0.3) is 17.5 Å². The van der Waals surface area contributed by atoms with Crippen molar-refractivity contribution in [2.75, 3.05) is 12.4 Å². The molecular formula is C28H24F3N3O3S. The maximum Gasteiger partial charge on any atom is 0.471 e. The molecule has 0 radical (unpaired) electrons. The number of carbonyl (C=O) groups excluding carboxylic acids is 1. The van der Waals surface area contributed by atoms with Gasteiger partial charge >= 0.3 is 12.1 Å². The summed E-state index contributed by atoms with van der Waals surface area (Å²) in [4.78, 5) is 16.0. The van der Waals surface area contributed by atoms with Gasteiger partial charge in [0.15, 0.2) is 0 Å². The van der Waals surface area contributed by atoms with Gasteiger partial charge in [-0.3, -0.25) is 4.79 Å². The van der Waals surface area contributed by atoms with Gasteiger partial charge in [0.1, 0.15) is 12.4 Å². The van der Waals surface area contributed by atoms with Crippen molar-refractivity contribution in [1.29, 1.82) is 0 Å². The van der Waals surface area contributed by atoms with E-state index in [1.54, 1.807) is 42.1 Å². The highest BCUT2D eigenvalue weighted by Gasteiger charge is 2.38. The molecule has 4 aromatic rings. The molecule has 6 nitrogen and oxygen atoms in total. The molecule has 1 atom stereocenters. The Hall–Kier alpha value is -4.05. The minimum absolute atomic E-state index is 0.170. The van der Waals surface area contributed by atoms with Crippen LogP contribution in [0, 0.1) is 0 Å². The molecule has 0 aliphatic rings. The van der Waals surface area contributed by atoms with Crippen molar-refractivity contribution in [1.82, 2.24) is 15.5 Å². The average molecular weight is 540 g/mol. The highest BCUT2D eigenvalue weighted by Crippen LogP contribution is 2.29. The molecule has 0 saturated heterocycles. The number of hydrogen-bond acceptors (Lipinski definition) is 6. The molecule has 0 bridgehead atoms. The standard InChI is InChI=1S/C28H24F3N3O3S/c29-28(30,31)27-33-26(34-37-27)22-12-14-24(15-13-22)36-17-23(19-38-18-21-9-5-2-6-10-21)32-25(35)16-11-20-7-3-1-4-8-20/h1-16,23H,17-19H2,(H,32,35)/t23-/m1/s1. The Bertz CT molecular complexity index is 1330. The van der Waals surface area contributed by atoms with Gasteiger partial charge < -0.3 is 14.6 Å². The van der Waals surface area contributed by atoms with E-state index in [1.165, 1.54) is 11.6 Å². The number of benzene rings is 3. The summed E-state index contributed by atoms with van der Waals surface area (Å²) in [6, 6.07) is 25.5. The topological polar surface area (TPSA) is 77.2 Å². The zero-order valence-corrected chi connectivity index (χ0v) is 20.9. The molecule has 0 spiro atoms. The fourth-order valence-electron chi connectivity index (χ4n) is 3.36. The third-order valence-electron chi connectivity index (χ3n) is 5.24. The van der Waals surface area contributed by atoms with Crippen LogP contribution in [0.1, 0.15) is 17.0 Å². The molecule has 0 fully saturated rings. The van der Waals surface area contributed by atoms with E-state index in [0.29, 0.717) is 17.1 Å². The van der Waals surface area contributed by atoms with Crippen molar-refractivity contribution < 1.29 is 27.2 Å². The van der Waals surface area contributed by atoms with Crippen LogP contribution in [0.2, 0.25) is 0 Å². The fourth-order valence-corrected chi connectivity index (χ4v) is 4.37. The predicted octanol–water partition coefficient (Wildman–Crippen LogP) is 6.27. The van der Waals surface area contributed by atoms with Gasteiger partial charge in [0.2, 0.25) is 11.7 Å². The van der Waals surface area contributed by atoms with Gasteiger partial charge in [0.05, 0.1) is 6.04 Å². The van der Waals surface area contributed by atoms with Crippen LogP contribution in [-0.4, -0.2) is 34.4 Å². The van der Waals surface area contributed by atoms with Gasteiger partial charge in [-0.1, -0.05) is 65.8 Å². The molecule has 196 valence electrons. The van der Waals surface area contributed by atoms with E-state index in [4.69, 9.17) is 4.74 Å². The van der Waals surface area contributed by atoms with Gasteiger partial charge in [-0.05, 0) is 41.5 Å². The number of rotatable bonds is 11. The highest BCUT2D eigenvalue weighted by molar-refractivity contribution is 7.98. The summed E-state index contributed by atoms with van der Waals surface area (Å²) in [6.45, 7) is 0.201. The molecule has 0 aliphatic carbocycles. The fraction of sp³-hybridized carbons (Fsp3) is 0.179. The first-order chi connectivity index (χ1) is 18.4. The largest absolute Gasteiger partial charge is 0.491 e. The van der Waals surface area contributed by atoms with E-state index in [2.05, 4.69) is 20.0 Å². The molecule has 0 unspecified atom stereocenters. The second-order valence-corrected chi connectivity index (χ2v) is 9.24. The minimum atomic E-state index is -4.71. The van der Waals surface area contributed by atoms with E-state index >= 15 is 0 Å². The molecule has 1 amide bonds. The van der Waals surface area contributed by atoms with Gasteiger partial charge in [-0.15, -0.1) is 0 Å². The van der Waals surface area contributed by atoms with E-state index in [0.717, 1.165) is 11.3 Å². The van der Waals surface area contributed by atoms with Crippen LogP contribution in [-0.2, 0) is 16.7 Å². The zero-order valence-electron chi connectivity index (χ0n) is 20.1. The molecule has 3 aromatic carbocycles. The summed E-state index contributed by atoms with van der Waals surface area (Å²) in [6.07, 6.45) is -1.48. The van der Waals surface area contributed by atoms with Gasteiger partial charge in [0.25, 0.3) is 0 Å². The first kappa shape index (κ1) is 27.0. The van der Waals surface area contributed by atoms with Gasteiger partial charge in [0, 0.05) is 23.1 Å². The van der Waals surface area contributed by atoms with Gasteiger partial charge in [-0.2, -0.15) is 29.9 Å². The summed E-state index contributed by atoms with van der Waals surface area (Å²) >= 11 is 1.67. The van der Waals surface area contributed by atoms with Crippen LogP contribution in [0.15, 0.2) is 95.5 Å². The number of thioether (sulfide) groups is 1. The van der Waals surface area contributed by atoms with Crippen LogP contribution >= 0.6 is 11.8 Å². The third-order valence-corrected chi connectivity index (χ3v) is 6.41. The molecule has 1 aromatic heterocycles. The lowest BCUT2D eigenvalue weighted by Crippen LogP contribution is -2.40. The second-order valence-electron chi connectivity index (χ2n) is 8.21. The Kier molecular flexibility index (Phi) is 9.21. The SMILES string of the molecule is O=C(C=Cc1ccccc1)N[C@H](COc1ccc(-c2noc(C(F)(F)F)n2)cc1)CSCc1ccccc1. The van der Waals surface area contributed by atoms with Crippen LogP contribution in [0.5, 0.6) is 5.75 Å². The molecule has 1 heterocycles. The molecule has 0 aliphatic heterocycles. The smallest absolute Gasteiger partial charge is 0.471 e. The first-order valence-corrected chi connectivity index (χ1v) is 12.8. The van der Waals surface area contributed by atoms with E-state index < -0.39 is 12.1 Å². The molecule has 1 N–H and O–H groups in total. The normalized spacial score (nSPS) is 12.4. The van der Waals surface area contributed by atoms with Crippen molar-refractivity contribution >= 4 is 23.7 Å². The Balaban J connectivity index is 1.36. The van der Waals surface area contributed by atoms with Crippen LogP contribution in [0.4, 0.5) is 13.2 Å². The lowest BCUT2D eigenvalue weighted by atomic mass is 10.2. The summed E-state index contributed by atoms with van der Waals surface area (Å²) in [5.74, 6) is 0.0706. The quantitative estimate of drug-likeness (QED) is 0.227. The summed E-state index contributed by atoms with van der Waals surface area (Å²) < 4.78 is 48.3. The monoisotopic (exact) mass is 539 g/mol. The van der Waals surface area contributed by atoms with E-state index in [-0.39, 0.29) is 24.4 Å². The number of carbonyl (C=O) groups is 1. The second kappa shape index (κ2) is 13.0. The third kappa shape index (κ3) is 8.24. The number of halogens is 3. The van der Waals surface area contributed by atoms with Crippen molar-refractivity contribution in [3.63, 3.8) is 0 Å². The summed E-state index contributed by atoms with van der Waals surface area (Å²) in [5, 5.41) is 6.37. The van der Waals surface area contributed by atoms with Crippen molar-refractivity contribution in [2.24, 2.45) is 0 Å². The molecule has 38 heavy (non-hydrogen) atoms. The summed E-state index contributed by atoms with van der Waals surface area (Å²) in [5.41, 5.74) is 2.45. The molecular weight excluding hydrogens is 515 g/mol. The number of nitrogens with one attached hydrogen (secondary N) is 1. The number of amides is 1. The maximum absolute atomic E-state index is 12.7. The van der Waals surface area contributed by atoms with E-state index in [1.807, 2.05) is 60.7 Å². The van der Waals surface area contributed by atoms with Crippen molar-refractivity contribution in [3.8, 4) is 17.1 Å². The maximum atomic E-state index is 12.7. The minimum Gasteiger partial charge on any atom is -0.491 e. The molecule has 0 saturated carbocycles. The Morgan fingerprint density at radius 3 is 2.34 bits per heavy atom. The van der Waals surface area contributed by atoms with E-state index in [9.17, 15) is 18.0 Å². The van der Waals surface area contributed by atoms with Gasteiger partial charge in [-0.25, -0.2) is 0 Å². The molecule has 10 heteroatoms. The number of alkyl halides is 3. The zero-order chi connectivity index (χ0) is 26.8. The van der Waals surface area contributed by atoms with Crippen molar-refractivity contribution in [2.45, 2.75) is 18.0 Å². The highest BCUT2D eigenvalue weighted by atomic mass is 32.2. The lowest BCUT2D eigenvalue weighted by molar-refractivity contribution is -0.159. The predicted molar refractivity (Wildman–Crippen MR) is 140 cm³/mol. The number of hydrogen-bond donors (Lipinski definition) is 1. The number of nitrogens with zero attached hydrogens (tertiary/aromatic N) is 2. The Morgan fingerprint density at radius 2 is 1.68 bits per heavy atom.